The van der Waals surface area contributed by atoms with Crippen molar-refractivity contribution in [2.45, 2.75) is 131 Å². The van der Waals surface area contributed by atoms with Crippen LogP contribution in [0.2, 0.25) is 0 Å². The van der Waals surface area contributed by atoms with Crippen LogP contribution >= 0.6 is 0 Å². The summed E-state index contributed by atoms with van der Waals surface area (Å²) >= 11 is 0. The molecule has 2 N–H and O–H groups in total. The van der Waals surface area contributed by atoms with Crippen molar-refractivity contribution in [2.75, 3.05) is 52.4 Å². The monoisotopic (exact) mass is 460 g/mol. The highest BCUT2D eigenvalue weighted by atomic mass is 16.0. The second-order valence-corrected chi connectivity index (χ2v) is 10.3. The third-order valence-corrected chi connectivity index (χ3v) is 7.43. The van der Waals surface area contributed by atoms with Crippen molar-refractivity contribution in [2.24, 2.45) is 0 Å². The van der Waals surface area contributed by atoms with Crippen LogP contribution in [0.15, 0.2) is 0 Å². The van der Waals surface area contributed by atoms with Gasteiger partial charge in [-0.3, -0.25) is 0 Å². The zero-order chi connectivity index (χ0) is 22.6. The fourth-order valence-corrected chi connectivity index (χ4v) is 5.20. The van der Waals surface area contributed by atoms with Crippen molar-refractivity contribution in [3.05, 3.63) is 0 Å². The first kappa shape index (κ1) is 36.4. The molecular weight excluding hydrogens is 396 g/mol. The van der Waals surface area contributed by atoms with E-state index in [1.165, 1.54) is 151 Å². The molecule has 4 heteroatoms. The van der Waals surface area contributed by atoms with Crippen molar-refractivity contribution in [3.8, 4) is 0 Å². The van der Waals surface area contributed by atoms with E-state index in [4.69, 9.17) is 0 Å². The summed E-state index contributed by atoms with van der Waals surface area (Å²) in [5.41, 5.74) is 0. The Morgan fingerprint density at radius 2 is 0.438 bits per heavy atom. The van der Waals surface area contributed by atoms with Crippen molar-refractivity contribution in [3.63, 3.8) is 0 Å². The summed E-state index contributed by atoms with van der Waals surface area (Å²) in [6.07, 6.45) is 19.5. The van der Waals surface area contributed by atoms with Gasteiger partial charge in [-0.1, -0.05) is 80.1 Å². The molecule has 0 aliphatic carbocycles. The van der Waals surface area contributed by atoms with E-state index < -0.39 is 0 Å². The topological polar surface area (TPSA) is 60.0 Å². The summed E-state index contributed by atoms with van der Waals surface area (Å²) in [5.74, 6) is 0. The number of hydrogen-bond acceptors (Lipinski definition) is 2. The zero-order valence-corrected chi connectivity index (χ0v) is 23.3. The molecule has 4 nitrogen and oxygen atoms in total. The average molecular weight is 461 g/mol. The molecular formula is C28H64N2O2. The SMILES string of the molecule is CCCC[N+](CCCC)(CCCC)CCCC[N+](CCCC)(CCCC)CCCC.[OH-].[OH-]. The summed E-state index contributed by atoms with van der Waals surface area (Å²) < 4.78 is 2.85. The van der Waals surface area contributed by atoms with Gasteiger partial charge < -0.3 is 19.9 Å². The minimum Gasteiger partial charge on any atom is -0.870 e. The fraction of sp³-hybridized carbons (Fsp3) is 1.00. The smallest absolute Gasteiger partial charge is 0.0788 e. The minimum atomic E-state index is 0. The van der Waals surface area contributed by atoms with Crippen molar-refractivity contribution in [1.29, 1.82) is 0 Å². The quantitative estimate of drug-likeness (QED) is 0.115. The molecule has 0 rings (SSSR count). The first-order valence-electron chi connectivity index (χ1n) is 14.3. The van der Waals surface area contributed by atoms with Gasteiger partial charge in [-0.15, -0.1) is 0 Å². The van der Waals surface area contributed by atoms with Crippen LogP contribution in [0, 0.1) is 0 Å². The second kappa shape index (κ2) is 24.0. The van der Waals surface area contributed by atoms with Crippen LogP contribution in [0.5, 0.6) is 0 Å². The third-order valence-electron chi connectivity index (χ3n) is 7.43. The minimum absolute atomic E-state index is 0. The highest BCUT2D eigenvalue weighted by molar-refractivity contribution is 4.53. The maximum absolute atomic E-state index is 2.37. The molecule has 0 saturated heterocycles. The summed E-state index contributed by atoms with van der Waals surface area (Å²) in [6, 6.07) is 0. The lowest BCUT2D eigenvalue weighted by Crippen LogP contribution is -2.52. The molecule has 0 amide bonds. The molecule has 0 radical (unpaired) electrons. The summed E-state index contributed by atoms with van der Waals surface area (Å²) in [6.45, 7) is 25.7. The number of nitrogens with zero attached hydrogens (tertiary/aromatic N) is 2. The molecule has 32 heavy (non-hydrogen) atoms. The molecule has 0 spiro atoms. The third kappa shape index (κ3) is 16.5. The number of rotatable bonds is 23. The van der Waals surface area contributed by atoms with E-state index in [0.29, 0.717) is 0 Å². The van der Waals surface area contributed by atoms with Crippen LogP contribution in [0.4, 0.5) is 0 Å². The van der Waals surface area contributed by atoms with Crippen LogP contribution in [-0.2, 0) is 0 Å². The fourth-order valence-electron chi connectivity index (χ4n) is 5.20. The van der Waals surface area contributed by atoms with Gasteiger partial charge in [0.25, 0.3) is 0 Å². The van der Waals surface area contributed by atoms with Crippen LogP contribution < -0.4 is 0 Å². The van der Waals surface area contributed by atoms with Crippen LogP contribution in [0.25, 0.3) is 0 Å². The molecule has 0 aliphatic rings. The first-order valence-corrected chi connectivity index (χ1v) is 14.3. The molecule has 0 aromatic rings. The second-order valence-electron chi connectivity index (χ2n) is 10.3. The Kier molecular flexibility index (Phi) is 27.3. The van der Waals surface area contributed by atoms with Gasteiger partial charge in [-0.05, 0) is 38.5 Å². The highest BCUT2D eigenvalue weighted by Crippen LogP contribution is 2.20. The molecule has 0 aromatic heterocycles. The summed E-state index contributed by atoms with van der Waals surface area (Å²) in [7, 11) is 0. The van der Waals surface area contributed by atoms with Gasteiger partial charge >= 0.3 is 0 Å². The normalized spacial score (nSPS) is 11.8. The van der Waals surface area contributed by atoms with E-state index in [1.807, 2.05) is 0 Å². The molecule has 0 fully saturated rings. The molecule has 0 saturated carbocycles. The van der Waals surface area contributed by atoms with Gasteiger partial charge in [0.15, 0.2) is 0 Å². The molecule has 0 aliphatic heterocycles. The zero-order valence-electron chi connectivity index (χ0n) is 23.3. The number of unbranched alkanes of at least 4 members (excludes halogenated alkanes) is 7. The average Bonchev–Trinajstić information content (AvgIpc) is 2.77. The van der Waals surface area contributed by atoms with Gasteiger partial charge in [0.1, 0.15) is 0 Å². The lowest BCUT2D eigenvalue weighted by Gasteiger charge is -2.41. The lowest BCUT2D eigenvalue weighted by molar-refractivity contribution is -0.934. The van der Waals surface area contributed by atoms with Crippen LogP contribution in [0.3, 0.4) is 0 Å². The first-order chi connectivity index (χ1) is 14.6. The maximum atomic E-state index is 2.37. The Hall–Kier alpha value is -0.160. The molecule has 198 valence electrons. The van der Waals surface area contributed by atoms with E-state index in [2.05, 4.69) is 41.5 Å². The van der Waals surface area contributed by atoms with E-state index in [1.54, 1.807) is 0 Å². The summed E-state index contributed by atoms with van der Waals surface area (Å²) in [5, 5.41) is 0. The van der Waals surface area contributed by atoms with E-state index >= 15 is 0 Å². The predicted octanol–water partition coefficient (Wildman–Crippen LogP) is 7.85. The van der Waals surface area contributed by atoms with Crippen LogP contribution in [0.1, 0.15) is 131 Å². The van der Waals surface area contributed by atoms with Crippen molar-refractivity contribution >= 4 is 0 Å². The van der Waals surface area contributed by atoms with Crippen molar-refractivity contribution < 1.29 is 19.9 Å². The Morgan fingerprint density at radius 1 is 0.281 bits per heavy atom. The van der Waals surface area contributed by atoms with E-state index in [9.17, 15) is 0 Å². The lowest BCUT2D eigenvalue weighted by atomic mass is 10.1. The predicted molar refractivity (Wildman–Crippen MR) is 142 cm³/mol. The van der Waals surface area contributed by atoms with E-state index in [0.717, 1.165) is 0 Å². The Labute approximate surface area is 203 Å². The van der Waals surface area contributed by atoms with Gasteiger partial charge in [0.05, 0.1) is 52.4 Å². The molecule has 0 unspecified atom stereocenters. The van der Waals surface area contributed by atoms with Gasteiger partial charge in [-0.2, -0.15) is 0 Å². The van der Waals surface area contributed by atoms with Gasteiger partial charge in [-0.25, -0.2) is 0 Å². The maximum Gasteiger partial charge on any atom is 0.0788 e. The Bertz CT molecular complexity index is 286. The molecule has 0 heterocycles. The van der Waals surface area contributed by atoms with Crippen molar-refractivity contribution in [1.82, 2.24) is 0 Å². The molecule has 0 atom stereocenters. The standard InChI is InChI=1S/C28H62N2.2H2O/c1-7-13-21-29(22-14-8-2,23-15-9-3)27-19-20-28-30(24-16-10-4,25-17-11-5)26-18-12-6;;/h7-28H2,1-6H3;2*1H2/q+2;;/p-2. The number of hydrogen-bond donors (Lipinski definition) is 0. The van der Waals surface area contributed by atoms with Crippen LogP contribution in [-0.4, -0.2) is 72.3 Å². The Morgan fingerprint density at radius 3 is 0.594 bits per heavy atom. The van der Waals surface area contributed by atoms with E-state index in [-0.39, 0.29) is 11.0 Å². The summed E-state index contributed by atoms with van der Waals surface area (Å²) in [4.78, 5) is 0. The number of quaternary nitrogens is 2. The molecule has 0 bridgehead atoms. The Balaban J connectivity index is -0.00000420. The largest absolute Gasteiger partial charge is 0.870 e. The van der Waals surface area contributed by atoms with Gasteiger partial charge in [0, 0.05) is 12.8 Å². The van der Waals surface area contributed by atoms with Gasteiger partial charge in [0.2, 0.25) is 0 Å². The highest BCUT2D eigenvalue weighted by Gasteiger charge is 2.28. The molecule has 0 aromatic carbocycles.